The molecule has 1 aliphatic rings. The summed E-state index contributed by atoms with van der Waals surface area (Å²) < 4.78 is 5.11. The van der Waals surface area contributed by atoms with Gasteiger partial charge in [-0.05, 0) is 18.2 Å². The highest BCUT2D eigenvalue weighted by molar-refractivity contribution is 5.94. The van der Waals surface area contributed by atoms with Crippen molar-refractivity contribution in [3.63, 3.8) is 0 Å². The van der Waals surface area contributed by atoms with Gasteiger partial charge in [-0.2, -0.15) is 5.26 Å². The largest absolute Gasteiger partial charge is 0.497 e. The minimum absolute atomic E-state index is 0.0683. The highest BCUT2D eigenvalue weighted by Crippen LogP contribution is 2.15. The maximum absolute atomic E-state index is 12.4. The highest BCUT2D eigenvalue weighted by Gasteiger charge is 2.24. The van der Waals surface area contributed by atoms with Crippen molar-refractivity contribution < 1.29 is 14.3 Å². The predicted octanol–water partition coefficient (Wildman–Crippen LogP) is 0.893. The van der Waals surface area contributed by atoms with Gasteiger partial charge in [0, 0.05) is 31.7 Å². The SMILES string of the molecule is COc1cccc(C(=O)N2CCN(C(=O)CC#N)CC2)c1. The summed E-state index contributed by atoms with van der Waals surface area (Å²) in [6, 6.07) is 8.87. The fraction of sp³-hybridized carbons (Fsp3) is 0.400. The van der Waals surface area contributed by atoms with Crippen LogP contribution in [-0.4, -0.2) is 54.9 Å². The monoisotopic (exact) mass is 287 g/mol. The molecule has 6 heteroatoms. The van der Waals surface area contributed by atoms with Crippen molar-refractivity contribution in [1.29, 1.82) is 5.26 Å². The van der Waals surface area contributed by atoms with Gasteiger partial charge in [-0.1, -0.05) is 6.07 Å². The molecule has 0 aliphatic carbocycles. The molecule has 2 amide bonds. The highest BCUT2D eigenvalue weighted by atomic mass is 16.5. The second-order valence-corrected chi connectivity index (χ2v) is 4.74. The van der Waals surface area contributed by atoms with Crippen LogP contribution in [0.2, 0.25) is 0 Å². The molecule has 1 aromatic carbocycles. The van der Waals surface area contributed by atoms with E-state index < -0.39 is 0 Å². The Hall–Kier alpha value is -2.55. The van der Waals surface area contributed by atoms with Crippen molar-refractivity contribution in [1.82, 2.24) is 9.80 Å². The molecule has 0 aromatic heterocycles. The van der Waals surface area contributed by atoms with Crippen LogP contribution in [0.3, 0.4) is 0 Å². The van der Waals surface area contributed by atoms with E-state index >= 15 is 0 Å². The summed E-state index contributed by atoms with van der Waals surface area (Å²) in [7, 11) is 1.56. The Morgan fingerprint density at radius 3 is 2.52 bits per heavy atom. The average molecular weight is 287 g/mol. The predicted molar refractivity (Wildman–Crippen MR) is 75.7 cm³/mol. The number of ether oxygens (including phenoxy) is 1. The third-order valence-electron chi connectivity index (χ3n) is 3.47. The van der Waals surface area contributed by atoms with Crippen molar-refractivity contribution in [2.45, 2.75) is 6.42 Å². The Balaban J connectivity index is 1.97. The Morgan fingerprint density at radius 2 is 1.90 bits per heavy atom. The van der Waals surface area contributed by atoms with Crippen LogP contribution in [0.15, 0.2) is 24.3 Å². The van der Waals surface area contributed by atoms with Gasteiger partial charge in [-0.3, -0.25) is 9.59 Å². The molecule has 0 spiro atoms. The van der Waals surface area contributed by atoms with Gasteiger partial charge in [0.25, 0.3) is 5.91 Å². The van der Waals surface area contributed by atoms with Crippen LogP contribution in [0, 0.1) is 11.3 Å². The Kier molecular flexibility index (Phi) is 4.77. The van der Waals surface area contributed by atoms with Gasteiger partial charge in [0.15, 0.2) is 0 Å². The van der Waals surface area contributed by atoms with E-state index in [1.54, 1.807) is 41.2 Å². The van der Waals surface area contributed by atoms with Crippen LogP contribution in [0.5, 0.6) is 5.75 Å². The number of hydrogen-bond acceptors (Lipinski definition) is 4. The van der Waals surface area contributed by atoms with Crippen LogP contribution in [0.4, 0.5) is 0 Å². The first-order chi connectivity index (χ1) is 10.2. The summed E-state index contributed by atoms with van der Waals surface area (Å²) in [5.41, 5.74) is 0.575. The first-order valence-corrected chi connectivity index (χ1v) is 6.73. The minimum Gasteiger partial charge on any atom is -0.497 e. The second kappa shape index (κ2) is 6.75. The molecular formula is C15H17N3O3. The molecule has 21 heavy (non-hydrogen) atoms. The molecule has 6 nitrogen and oxygen atoms in total. The van der Waals surface area contributed by atoms with E-state index in [-0.39, 0.29) is 18.2 Å². The smallest absolute Gasteiger partial charge is 0.254 e. The summed E-state index contributed by atoms with van der Waals surface area (Å²) in [5, 5.41) is 8.53. The number of methoxy groups -OCH3 is 1. The molecule has 1 fully saturated rings. The van der Waals surface area contributed by atoms with Gasteiger partial charge in [0.2, 0.25) is 5.91 Å². The zero-order chi connectivity index (χ0) is 15.2. The summed E-state index contributed by atoms with van der Waals surface area (Å²) >= 11 is 0. The number of amides is 2. The second-order valence-electron chi connectivity index (χ2n) is 4.74. The molecule has 0 atom stereocenters. The molecule has 0 saturated carbocycles. The molecule has 110 valence electrons. The van der Waals surface area contributed by atoms with E-state index in [2.05, 4.69) is 0 Å². The molecule has 1 aromatic rings. The van der Waals surface area contributed by atoms with Gasteiger partial charge in [-0.25, -0.2) is 0 Å². The molecule has 1 saturated heterocycles. The lowest BCUT2D eigenvalue weighted by molar-refractivity contribution is -0.131. The number of rotatable bonds is 3. The molecule has 0 bridgehead atoms. The topological polar surface area (TPSA) is 73.6 Å². The van der Waals surface area contributed by atoms with E-state index in [1.165, 1.54) is 0 Å². The van der Waals surface area contributed by atoms with Crippen molar-refractivity contribution >= 4 is 11.8 Å². The summed E-state index contributed by atoms with van der Waals surface area (Å²) in [5.74, 6) is 0.399. The van der Waals surface area contributed by atoms with Gasteiger partial charge in [0.05, 0.1) is 13.2 Å². The Morgan fingerprint density at radius 1 is 1.24 bits per heavy atom. The molecule has 2 rings (SSSR count). The fourth-order valence-corrected chi connectivity index (χ4v) is 2.28. The molecular weight excluding hydrogens is 270 g/mol. The standard InChI is InChI=1S/C15H17N3O3/c1-21-13-4-2-3-12(11-13)15(20)18-9-7-17(8-10-18)14(19)5-6-16/h2-4,11H,5,7-10H2,1H3. The van der Waals surface area contributed by atoms with Crippen molar-refractivity contribution in [2.75, 3.05) is 33.3 Å². The van der Waals surface area contributed by atoms with Gasteiger partial charge >= 0.3 is 0 Å². The number of hydrogen-bond donors (Lipinski definition) is 0. The van der Waals surface area contributed by atoms with Gasteiger partial charge in [0.1, 0.15) is 12.2 Å². The summed E-state index contributed by atoms with van der Waals surface area (Å²) in [6.07, 6.45) is -0.107. The molecule has 0 N–H and O–H groups in total. The van der Waals surface area contributed by atoms with E-state index in [4.69, 9.17) is 10.00 Å². The first-order valence-electron chi connectivity index (χ1n) is 6.73. The number of benzene rings is 1. The number of carbonyl (C=O) groups is 2. The first kappa shape index (κ1) is 14.9. The van der Waals surface area contributed by atoms with E-state index in [1.807, 2.05) is 6.07 Å². The molecule has 0 radical (unpaired) electrons. The zero-order valence-corrected chi connectivity index (χ0v) is 11.9. The van der Waals surface area contributed by atoms with Gasteiger partial charge in [-0.15, -0.1) is 0 Å². The number of nitriles is 1. The van der Waals surface area contributed by atoms with Crippen LogP contribution >= 0.6 is 0 Å². The van der Waals surface area contributed by atoms with Crippen molar-refractivity contribution in [2.24, 2.45) is 0 Å². The van der Waals surface area contributed by atoms with E-state index in [0.717, 1.165) is 0 Å². The maximum atomic E-state index is 12.4. The number of carbonyl (C=O) groups excluding carboxylic acids is 2. The third kappa shape index (κ3) is 3.51. The van der Waals surface area contributed by atoms with Crippen LogP contribution in [-0.2, 0) is 4.79 Å². The Labute approximate surface area is 123 Å². The Bertz CT molecular complexity index is 572. The zero-order valence-electron chi connectivity index (χ0n) is 11.9. The lowest BCUT2D eigenvalue weighted by atomic mass is 10.1. The van der Waals surface area contributed by atoms with Crippen LogP contribution in [0.1, 0.15) is 16.8 Å². The number of nitrogens with zero attached hydrogens (tertiary/aromatic N) is 3. The minimum atomic E-state index is -0.175. The lowest BCUT2D eigenvalue weighted by Crippen LogP contribution is -2.50. The van der Waals surface area contributed by atoms with E-state index in [9.17, 15) is 9.59 Å². The summed E-state index contributed by atoms with van der Waals surface area (Å²) in [4.78, 5) is 27.3. The van der Waals surface area contributed by atoms with Crippen molar-refractivity contribution in [3.8, 4) is 11.8 Å². The van der Waals surface area contributed by atoms with Gasteiger partial charge < -0.3 is 14.5 Å². The third-order valence-corrected chi connectivity index (χ3v) is 3.47. The molecule has 1 aliphatic heterocycles. The fourth-order valence-electron chi connectivity index (χ4n) is 2.28. The summed E-state index contributed by atoms with van der Waals surface area (Å²) in [6.45, 7) is 1.90. The lowest BCUT2D eigenvalue weighted by Gasteiger charge is -2.34. The number of piperazine rings is 1. The normalized spacial score (nSPS) is 14.5. The van der Waals surface area contributed by atoms with E-state index in [0.29, 0.717) is 37.5 Å². The maximum Gasteiger partial charge on any atom is 0.254 e. The molecule has 1 heterocycles. The quantitative estimate of drug-likeness (QED) is 0.827. The average Bonchev–Trinajstić information content (AvgIpc) is 2.54. The van der Waals surface area contributed by atoms with Crippen LogP contribution < -0.4 is 4.74 Å². The molecule has 0 unspecified atom stereocenters. The van der Waals surface area contributed by atoms with Crippen molar-refractivity contribution in [3.05, 3.63) is 29.8 Å². The van der Waals surface area contributed by atoms with Crippen LogP contribution in [0.25, 0.3) is 0 Å².